The first-order valence-electron chi connectivity index (χ1n) is 7.11. The van der Waals surface area contributed by atoms with Gasteiger partial charge in [0.05, 0.1) is 0 Å². The Morgan fingerprint density at radius 1 is 1.13 bits per heavy atom. The van der Waals surface area contributed by atoms with Gasteiger partial charge in [-0.05, 0) is 30.1 Å². The predicted octanol–water partition coefficient (Wildman–Crippen LogP) is 5.42. The lowest BCUT2D eigenvalue weighted by atomic mass is 9.72. The van der Waals surface area contributed by atoms with Crippen LogP contribution in [0.3, 0.4) is 0 Å². The first kappa shape index (κ1) is 13.1. The highest BCUT2D eigenvalue weighted by molar-refractivity contribution is 4.80. The molecule has 0 radical (unpaired) electrons. The monoisotopic (exact) mass is 210 g/mol. The van der Waals surface area contributed by atoms with Gasteiger partial charge in [0.2, 0.25) is 0 Å². The van der Waals surface area contributed by atoms with Crippen molar-refractivity contribution in [1.82, 2.24) is 0 Å². The van der Waals surface area contributed by atoms with Gasteiger partial charge >= 0.3 is 0 Å². The number of rotatable bonds is 2. The van der Waals surface area contributed by atoms with Gasteiger partial charge in [-0.2, -0.15) is 0 Å². The van der Waals surface area contributed by atoms with Crippen molar-refractivity contribution in [2.75, 3.05) is 0 Å². The summed E-state index contributed by atoms with van der Waals surface area (Å²) in [6, 6.07) is 0. The third-order valence-electron chi connectivity index (χ3n) is 4.88. The van der Waals surface area contributed by atoms with Gasteiger partial charge in [-0.3, -0.25) is 0 Å². The number of hydrogen-bond donors (Lipinski definition) is 0. The van der Waals surface area contributed by atoms with Crippen molar-refractivity contribution in [3.63, 3.8) is 0 Å². The molecular weight excluding hydrogens is 180 g/mol. The molecule has 0 spiro atoms. The molecule has 0 heterocycles. The van der Waals surface area contributed by atoms with Gasteiger partial charge in [0.15, 0.2) is 0 Å². The summed E-state index contributed by atoms with van der Waals surface area (Å²) < 4.78 is 0. The Hall–Kier alpha value is 0. The summed E-state index contributed by atoms with van der Waals surface area (Å²) in [7, 11) is 0. The van der Waals surface area contributed by atoms with Crippen LogP contribution in [0.5, 0.6) is 0 Å². The minimum Gasteiger partial charge on any atom is -0.0651 e. The largest absolute Gasteiger partial charge is 0.0651 e. The summed E-state index contributed by atoms with van der Waals surface area (Å²) in [5.74, 6) is 1.94. The van der Waals surface area contributed by atoms with Crippen LogP contribution in [0.4, 0.5) is 0 Å². The van der Waals surface area contributed by atoms with Crippen molar-refractivity contribution in [2.24, 2.45) is 17.3 Å². The highest BCUT2D eigenvalue weighted by Crippen LogP contribution is 2.41. The molecule has 0 aromatic rings. The summed E-state index contributed by atoms with van der Waals surface area (Å²) in [6.45, 7) is 9.77. The highest BCUT2D eigenvalue weighted by Gasteiger charge is 2.28. The van der Waals surface area contributed by atoms with Gasteiger partial charge in [-0.15, -0.1) is 0 Å². The zero-order valence-electron chi connectivity index (χ0n) is 11.3. The van der Waals surface area contributed by atoms with E-state index in [2.05, 4.69) is 27.7 Å². The third-order valence-corrected chi connectivity index (χ3v) is 4.88. The first-order chi connectivity index (χ1) is 7.11. The third kappa shape index (κ3) is 3.81. The first-order valence-corrected chi connectivity index (χ1v) is 7.11. The average molecular weight is 210 g/mol. The van der Waals surface area contributed by atoms with Gasteiger partial charge in [0, 0.05) is 0 Å². The average Bonchev–Trinajstić information content (AvgIpc) is 2.30. The number of hydrogen-bond acceptors (Lipinski definition) is 0. The van der Waals surface area contributed by atoms with Gasteiger partial charge in [-0.1, -0.05) is 66.2 Å². The Morgan fingerprint density at radius 3 is 2.47 bits per heavy atom. The fourth-order valence-electron chi connectivity index (χ4n) is 3.23. The van der Waals surface area contributed by atoms with E-state index in [1.54, 1.807) is 0 Å². The van der Waals surface area contributed by atoms with Crippen LogP contribution in [0.15, 0.2) is 0 Å². The van der Waals surface area contributed by atoms with Crippen LogP contribution in [-0.2, 0) is 0 Å². The lowest BCUT2D eigenvalue weighted by Crippen LogP contribution is -2.22. The van der Waals surface area contributed by atoms with E-state index in [4.69, 9.17) is 0 Å². The molecule has 1 rings (SSSR count). The molecule has 1 aliphatic carbocycles. The maximum atomic E-state index is 2.52. The second-order valence-corrected chi connectivity index (χ2v) is 6.11. The molecular formula is C15H30. The minimum absolute atomic E-state index is 0.638. The fraction of sp³-hybridized carbons (Fsp3) is 1.00. The zero-order chi connectivity index (χ0) is 11.3. The van der Waals surface area contributed by atoms with Crippen molar-refractivity contribution in [3.05, 3.63) is 0 Å². The van der Waals surface area contributed by atoms with Crippen LogP contribution < -0.4 is 0 Å². The molecule has 0 N–H and O–H groups in total. The molecule has 0 aromatic carbocycles. The molecule has 0 aliphatic heterocycles. The summed E-state index contributed by atoms with van der Waals surface area (Å²) >= 11 is 0. The Labute approximate surface area is 96.8 Å². The van der Waals surface area contributed by atoms with Crippen molar-refractivity contribution in [2.45, 2.75) is 79.1 Å². The molecule has 0 aromatic heterocycles. The van der Waals surface area contributed by atoms with Gasteiger partial charge < -0.3 is 0 Å². The second kappa shape index (κ2) is 5.92. The molecule has 0 saturated heterocycles. The van der Waals surface area contributed by atoms with Crippen LogP contribution in [0.1, 0.15) is 79.1 Å². The van der Waals surface area contributed by atoms with Gasteiger partial charge in [0.25, 0.3) is 0 Å². The van der Waals surface area contributed by atoms with Crippen molar-refractivity contribution < 1.29 is 0 Å². The predicted molar refractivity (Wildman–Crippen MR) is 69.0 cm³/mol. The summed E-state index contributed by atoms with van der Waals surface area (Å²) in [6.07, 6.45) is 11.6. The molecule has 0 amide bonds. The standard InChI is InChI=1S/C15H30/c1-5-14-12-15(4,6-2)11-9-7-8-10-13(14)3/h13-14H,5-12H2,1-4H3. The Balaban J connectivity index is 2.67. The molecule has 0 heteroatoms. The maximum absolute atomic E-state index is 2.52. The van der Waals surface area contributed by atoms with Crippen molar-refractivity contribution in [3.8, 4) is 0 Å². The van der Waals surface area contributed by atoms with E-state index in [0.717, 1.165) is 11.8 Å². The normalized spacial score (nSPS) is 39.2. The van der Waals surface area contributed by atoms with Crippen LogP contribution >= 0.6 is 0 Å². The molecule has 3 unspecified atom stereocenters. The van der Waals surface area contributed by atoms with E-state index >= 15 is 0 Å². The van der Waals surface area contributed by atoms with E-state index in [-0.39, 0.29) is 0 Å². The second-order valence-electron chi connectivity index (χ2n) is 6.11. The molecule has 1 saturated carbocycles. The van der Waals surface area contributed by atoms with E-state index in [9.17, 15) is 0 Å². The highest BCUT2D eigenvalue weighted by atomic mass is 14.3. The topological polar surface area (TPSA) is 0 Å². The van der Waals surface area contributed by atoms with Crippen LogP contribution in [-0.4, -0.2) is 0 Å². The molecule has 0 bridgehead atoms. The smallest absolute Gasteiger partial charge is 0.0326 e. The molecule has 15 heavy (non-hydrogen) atoms. The van der Waals surface area contributed by atoms with E-state index in [1.807, 2.05) is 0 Å². The lowest BCUT2D eigenvalue weighted by Gasteiger charge is -2.34. The van der Waals surface area contributed by atoms with Crippen LogP contribution in [0.25, 0.3) is 0 Å². The van der Waals surface area contributed by atoms with E-state index in [0.29, 0.717) is 5.41 Å². The van der Waals surface area contributed by atoms with Crippen LogP contribution in [0.2, 0.25) is 0 Å². The SMILES string of the molecule is CCC1CC(C)(CC)CCCCCC1C. The van der Waals surface area contributed by atoms with Gasteiger partial charge in [-0.25, -0.2) is 0 Å². The van der Waals surface area contributed by atoms with Gasteiger partial charge in [0.1, 0.15) is 0 Å². The van der Waals surface area contributed by atoms with Crippen molar-refractivity contribution >= 4 is 0 Å². The molecule has 3 atom stereocenters. The van der Waals surface area contributed by atoms with Crippen LogP contribution in [0, 0.1) is 17.3 Å². The Kier molecular flexibility index (Phi) is 5.15. The Bertz CT molecular complexity index is 173. The zero-order valence-corrected chi connectivity index (χ0v) is 11.3. The molecule has 1 fully saturated rings. The molecule has 1 aliphatic rings. The van der Waals surface area contributed by atoms with E-state index in [1.165, 1.54) is 51.4 Å². The summed E-state index contributed by atoms with van der Waals surface area (Å²) in [4.78, 5) is 0. The fourth-order valence-corrected chi connectivity index (χ4v) is 3.23. The minimum atomic E-state index is 0.638. The summed E-state index contributed by atoms with van der Waals surface area (Å²) in [5, 5.41) is 0. The lowest BCUT2D eigenvalue weighted by molar-refractivity contribution is 0.175. The summed E-state index contributed by atoms with van der Waals surface area (Å²) in [5.41, 5.74) is 0.638. The quantitative estimate of drug-likeness (QED) is 0.571. The molecule has 90 valence electrons. The maximum Gasteiger partial charge on any atom is -0.0326 e. The van der Waals surface area contributed by atoms with E-state index < -0.39 is 0 Å². The Morgan fingerprint density at radius 2 is 1.87 bits per heavy atom. The van der Waals surface area contributed by atoms with Crippen molar-refractivity contribution in [1.29, 1.82) is 0 Å². The molecule has 0 nitrogen and oxygen atoms in total.